The SMILES string of the molecule is CC1=NC2C(c3cccs3)=c3nc(C)c(C)nc3=C(c3cccs3)C2N=C1C. The monoisotopic (exact) mass is 404 g/mol. The molecule has 0 radical (unpaired) electrons. The second kappa shape index (κ2) is 6.57. The van der Waals surface area contributed by atoms with E-state index in [-0.39, 0.29) is 12.1 Å². The Morgan fingerprint density at radius 3 is 1.46 bits per heavy atom. The van der Waals surface area contributed by atoms with Gasteiger partial charge in [0.05, 0.1) is 33.5 Å². The molecule has 28 heavy (non-hydrogen) atoms. The fourth-order valence-electron chi connectivity index (χ4n) is 3.84. The van der Waals surface area contributed by atoms with Gasteiger partial charge in [0.2, 0.25) is 0 Å². The Kier molecular flexibility index (Phi) is 4.14. The van der Waals surface area contributed by atoms with Crippen LogP contribution in [0, 0.1) is 13.8 Å². The first-order valence-electron chi connectivity index (χ1n) is 9.31. The lowest BCUT2D eigenvalue weighted by molar-refractivity contribution is 0.707. The predicted molar refractivity (Wildman–Crippen MR) is 118 cm³/mol. The van der Waals surface area contributed by atoms with Gasteiger partial charge in [0, 0.05) is 20.9 Å². The zero-order valence-electron chi connectivity index (χ0n) is 16.2. The van der Waals surface area contributed by atoms with Crippen molar-refractivity contribution in [1.29, 1.82) is 0 Å². The zero-order chi connectivity index (χ0) is 19.4. The number of rotatable bonds is 2. The van der Waals surface area contributed by atoms with Gasteiger partial charge in [-0.1, -0.05) is 12.1 Å². The number of aryl methyl sites for hydroxylation is 2. The molecule has 0 aromatic carbocycles. The van der Waals surface area contributed by atoms with Gasteiger partial charge in [0.1, 0.15) is 12.1 Å². The quantitative estimate of drug-likeness (QED) is 0.658. The third-order valence-electron chi connectivity index (χ3n) is 5.47. The van der Waals surface area contributed by atoms with Gasteiger partial charge in [-0.3, -0.25) is 9.98 Å². The van der Waals surface area contributed by atoms with Crippen LogP contribution in [0.5, 0.6) is 0 Å². The average Bonchev–Trinajstić information content (AvgIpc) is 3.36. The van der Waals surface area contributed by atoms with Crippen LogP contribution < -0.4 is 10.7 Å². The molecule has 0 fully saturated rings. The lowest BCUT2D eigenvalue weighted by atomic mass is 9.85. The highest BCUT2D eigenvalue weighted by molar-refractivity contribution is 7.11. The molecule has 4 heterocycles. The highest BCUT2D eigenvalue weighted by Crippen LogP contribution is 2.35. The van der Waals surface area contributed by atoms with Gasteiger partial charge < -0.3 is 0 Å². The standard InChI is InChI=1S/C22H20N4S2/c1-11-12(2)24-20-18(16-8-6-10-28-16)22-21(25-13(3)14(4)26-22)17(19(20)23-11)15-7-5-9-27-15/h5-10,19-20H,1-4H3. The smallest absolute Gasteiger partial charge is 0.105 e. The van der Waals surface area contributed by atoms with Crippen molar-refractivity contribution in [3.63, 3.8) is 0 Å². The number of aromatic nitrogens is 2. The van der Waals surface area contributed by atoms with Crippen molar-refractivity contribution in [2.24, 2.45) is 9.98 Å². The van der Waals surface area contributed by atoms with E-state index < -0.39 is 0 Å². The van der Waals surface area contributed by atoms with Gasteiger partial charge in [0.25, 0.3) is 0 Å². The second-order valence-corrected chi connectivity index (χ2v) is 9.09. The lowest BCUT2D eigenvalue weighted by Crippen LogP contribution is -2.50. The Hall–Kier alpha value is -2.44. The molecule has 5 rings (SSSR count). The summed E-state index contributed by atoms with van der Waals surface area (Å²) >= 11 is 3.46. The number of hydrogen-bond donors (Lipinski definition) is 0. The van der Waals surface area contributed by atoms with E-state index in [1.165, 1.54) is 9.75 Å². The van der Waals surface area contributed by atoms with Gasteiger partial charge in [-0.15, -0.1) is 22.7 Å². The van der Waals surface area contributed by atoms with E-state index in [2.05, 4.69) is 35.0 Å². The van der Waals surface area contributed by atoms with E-state index >= 15 is 0 Å². The molecule has 2 atom stereocenters. The van der Waals surface area contributed by atoms with Crippen LogP contribution in [0.1, 0.15) is 35.0 Å². The van der Waals surface area contributed by atoms with Crippen LogP contribution in [-0.2, 0) is 0 Å². The third kappa shape index (κ3) is 2.63. The summed E-state index contributed by atoms with van der Waals surface area (Å²) < 4.78 is 0. The van der Waals surface area contributed by atoms with Crippen LogP contribution in [0.4, 0.5) is 0 Å². The number of fused-ring (bicyclic) bond motifs is 2. The van der Waals surface area contributed by atoms with E-state index in [4.69, 9.17) is 20.0 Å². The molecule has 2 aliphatic rings. The molecule has 0 amide bonds. The molecule has 4 nitrogen and oxygen atoms in total. The third-order valence-corrected chi connectivity index (χ3v) is 7.28. The van der Waals surface area contributed by atoms with Crippen molar-refractivity contribution in [2.45, 2.75) is 39.8 Å². The van der Waals surface area contributed by atoms with Crippen molar-refractivity contribution in [3.05, 3.63) is 66.9 Å². The Morgan fingerprint density at radius 1 is 0.679 bits per heavy atom. The minimum absolute atomic E-state index is 0.0663. The van der Waals surface area contributed by atoms with Gasteiger partial charge >= 0.3 is 0 Å². The first kappa shape index (κ1) is 17.6. The Morgan fingerprint density at radius 2 is 1.11 bits per heavy atom. The molecular formula is C22H20N4S2. The molecule has 3 aromatic rings. The highest BCUT2D eigenvalue weighted by Gasteiger charge is 2.38. The zero-order valence-corrected chi connectivity index (χ0v) is 17.9. The maximum absolute atomic E-state index is 5.11. The highest BCUT2D eigenvalue weighted by atomic mass is 32.1. The van der Waals surface area contributed by atoms with Crippen LogP contribution in [0.3, 0.4) is 0 Å². The molecule has 0 saturated heterocycles. The van der Waals surface area contributed by atoms with Crippen LogP contribution in [0.25, 0.3) is 11.1 Å². The molecule has 2 unspecified atom stereocenters. The van der Waals surface area contributed by atoms with Crippen LogP contribution >= 0.6 is 22.7 Å². The van der Waals surface area contributed by atoms with Gasteiger partial charge in [0.15, 0.2) is 0 Å². The topological polar surface area (TPSA) is 50.5 Å². The van der Waals surface area contributed by atoms with E-state index in [0.29, 0.717) is 0 Å². The molecule has 0 saturated carbocycles. The Bertz CT molecular complexity index is 1150. The largest absolute Gasteiger partial charge is 0.277 e. The fraction of sp³-hybridized carbons (Fsp3) is 0.273. The molecule has 140 valence electrons. The van der Waals surface area contributed by atoms with Gasteiger partial charge in [-0.25, -0.2) is 9.97 Å². The first-order chi connectivity index (χ1) is 13.5. The minimum atomic E-state index is -0.0663. The summed E-state index contributed by atoms with van der Waals surface area (Å²) in [6.45, 7) is 8.16. The Balaban J connectivity index is 1.99. The molecule has 6 heteroatoms. The molecule has 0 N–H and O–H groups in total. The summed E-state index contributed by atoms with van der Waals surface area (Å²) in [5.41, 5.74) is 6.24. The molecular weight excluding hydrogens is 384 g/mol. The predicted octanol–water partition coefficient (Wildman–Crippen LogP) is 3.30. The average molecular weight is 405 g/mol. The number of nitrogens with zero attached hydrogens (tertiary/aromatic N) is 4. The lowest BCUT2D eigenvalue weighted by Gasteiger charge is -2.32. The van der Waals surface area contributed by atoms with Crippen molar-refractivity contribution in [3.8, 4) is 0 Å². The van der Waals surface area contributed by atoms with Crippen LogP contribution in [0.15, 0.2) is 45.0 Å². The molecule has 1 aliphatic heterocycles. The number of aliphatic imine (C=N–C) groups is 2. The fourth-order valence-corrected chi connectivity index (χ4v) is 5.45. The van der Waals surface area contributed by atoms with Crippen LogP contribution in [0.2, 0.25) is 0 Å². The first-order valence-corrected chi connectivity index (χ1v) is 11.1. The molecule has 1 aliphatic carbocycles. The summed E-state index contributed by atoms with van der Waals surface area (Å²) in [5, 5.41) is 6.14. The van der Waals surface area contributed by atoms with Crippen molar-refractivity contribution >= 4 is 45.2 Å². The summed E-state index contributed by atoms with van der Waals surface area (Å²) in [6.07, 6.45) is 0. The molecule has 0 spiro atoms. The second-order valence-electron chi connectivity index (χ2n) is 7.19. The van der Waals surface area contributed by atoms with Crippen molar-refractivity contribution < 1.29 is 0 Å². The van der Waals surface area contributed by atoms with Gasteiger partial charge in [-0.05, 0) is 50.6 Å². The maximum atomic E-state index is 5.11. The van der Waals surface area contributed by atoms with Gasteiger partial charge in [-0.2, -0.15) is 0 Å². The summed E-state index contributed by atoms with van der Waals surface area (Å²) in [6, 6.07) is 8.35. The number of hydrogen-bond acceptors (Lipinski definition) is 6. The van der Waals surface area contributed by atoms with E-state index in [1.54, 1.807) is 22.7 Å². The Labute approximate surface area is 171 Å². The summed E-state index contributed by atoms with van der Waals surface area (Å²) in [4.78, 5) is 22.6. The maximum Gasteiger partial charge on any atom is 0.105 e. The summed E-state index contributed by atoms with van der Waals surface area (Å²) in [5.74, 6) is 0. The van der Waals surface area contributed by atoms with Crippen molar-refractivity contribution in [2.75, 3.05) is 0 Å². The summed E-state index contributed by atoms with van der Waals surface area (Å²) in [7, 11) is 0. The van der Waals surface area contributed by atoms with Crippen molar-refractivity contribution in [1.82, 2.24) is 9.97 Å². The molecule has 0 bridgehead atoms. The van der Waals surface area contributed by atoms with Crippen LogP contribution in [-0.4, -0.2) is 33.5 Å². The molecule has 3 aromatic heterocycles. The van der Waals surface area contributed by atoms with E-state index in [0.717, 1.165) is 44.7 Å². The van der Waals surface area contributed by atoms with E-state index in [1.807, 2.05) is 27.7 Å². The van der Waals surface area contributed by atoms with E-state index in [9.17, 15) is 0 Å². The number of thiophene rings is 2. The normalized spacial score (nSPS) is 21.1. The minimum Gasteiger partial charge on any atom is -0.277 e.